The number of halogens is 1. The van der Waals surface area contributed by atoms with Gasteiger partial charge in [-0.2, -0.15) is 0 Å². The lowest BCUT2D eigenvalue weighted by molar-refractivity contribution is -0.130. The summed E-state index contributed by atoms with van der Waals surface area (Å²) in [6, 6.07) is 0.492. The molecular formula is C13H21ClN4O. The lowest BCUT2D eigenvalue weighted by Crippen LogP contribution is -2.34. The standard InChI is InChI=1S/C13H21ClN4O/c1-16(2)10-6-7-18(9-10)13(19)5-4-12-15-8-11(14)17(12)3/h8,10H,4-7,9H2,1-3H3. The SMILES string of the molecule is CN(C)C1CCN(C(=O)CCc2ncc(Cl)n2C)C1. The van der Waals surface area contributed by atoms with E-state index >= 15 is 0 Å². The molecule has 2 rings (SSSR count). The first-order valence-corrected chi connectivity index (χ1v) is 6.97. The van der Waals surface area contributed by atoms with Crippen LogP contribution in [0.15, 0.2) is 6.20 Å². The second-order valence-electron chi connectivity index (χ2n) is 5.30. The Hall–Kier alpha value is -1.07. The van der Waals surface area contributed by atoms with Crippen LogP contribution in [0.3, 0.4) is 0 Å². The van der Waals surface area contributed by atoms with E-state index in [2.05, 4.69) is 24.0 Å². The maximum Gasteiger partial charge on any atom is 0.223 e. The van der Waals surface area contributed by atoms with Crippen molar-refractivity contribution in [3.63, 3.8) is 0 Å². The maximum absolute atomic E-state index is 12.1. The van der Waals surface area contributed by atoms with Crippen LogP contribution in [0.1, 0.15) is 18.7 Å². The van der Waals surface area contributed by atoms with Crippen molar-refractivity contribution in [1.29, 1.82) is 0 Å². The number of aromatic nitrogens is 2. The molecule has 1 aliphatic rings. The number of carbonyl (C=O) groups excluding carboxylic acids is 1. The maximum atomic E-state index is 12.1. The monoisotopic (exact) mass is 284 g/mol. The Bertz CT molecular complexity index is 457. The Labute approximate surface area is 119 Å². The van der Waals surface area contributed by atoms with Crippen molar-refractivity contribution in [1.82, 2.24) is 19.4 Å². The summed E-state index contributed by atoms with van der Waals surface area (Å²) in [7, 11) is 6.00. The highest BCUT2D eigenvalue weighted by Crippen LogP contribution is 2.16. The second-order valence-corrected chi connectivity index (χ2v) is 5.69. The molecule has 1 amide bonds. The third-order valence-electron chi connectivity index (χ3n) is 3.84. The molecule has 0 spiro atoms. The van der Waals surface area contributed by atoms with Gasteiger partial charge in [0.25, 0.3) is 0 Å². The first kappa shape index (κ1) is 14.3. The summed E-state index contributed by atoms with van der Waals surface area (Å²) in [5, 5.41) is 0.608. The fraction of sp³-hybridized carbons (Fsp3) is 0.692. The van der Waals surface area contributed by atoms with Gasteiger partial charge < -0.3 is 14.4 Å². The topological polar surface area (TPSA) is 41.4 Å². The predicted molar refractivity (Wildman–Crippen MR) is 75.2 cm³/mol. The molecule has 6 heteroatoms. The van der Waals surface area contributed by atoms with Gasteiger partial charge in [0.05, 0.1) is 6.20 Å². The van der Waals surface area contributed by atoms with Gasteiger partial charge in [-0.05, 0) is 20.5 Å². The van der Waals surface area contributed by atoms with Gasteiger partial charge in [-0.25, -0.2) is 4.98 Å². The van der Waals surface area contributed by atoms with Crippen LogP contribution >= 0.6 is 11.6 Å². The Morgan fingerprint density at radius 2 is 2.32 bits per heavy atom. The van der Waals surface area contributed by atoms with E-state index in [1.165, 1.54) is 0 Å². The fourth-order valence-electron chi connectivity index (χ4n) is 2.42. The molecule has 0 saturated carbocycles. The van der Waals surface area contributed by atoms with Crippen molar-refractivity contribution in [3.8, 4) is 0 Å². The van der Waals surface area contributed by atoms with E-state index in [0.717, 1.165) is 25.3 Å². The molecule has 0 aliphatic carbocycles. The summed E-state index contributed by atoms with van der Waals surface area (Å²) in [5.41, 5.74) is 0. The zero-order valence-electron chi connectivity index (χ0n) is 11.8. The van der Waals surface area contributed by atoms with E-state index in [-0.39, 0.29) is 5.91 Å². The molecule has 0 bridgehead atoms. The summed E-state index contributed by atoms with van der Waals surface area (Å²) in [4.78, 5) is 20.5. The quantitative estimate of drug-likeness (QED) is 0.833. The zero-order valence-corrected chi connectivity index (χ0v) is 12.5. The fourth-order valence-corrected chi connectivity index (χ4v) is 2.57. The highest BCUT2D eigenvalue weighted by Gasteiger charge is 2.27. The van der Waals surface area contributed by atoms with Crippen LogP contribution in [0, 0.1) is 0 Å². The number of nitrogens with zero attached hydrogens (tertiary/aromatic N) is 4. The predicted octanol–water partition coefficient (Wildman–Crippen LogP) is 1.17. The third-order valence-corrected chi connectivity index (χ3v) is 4.19. The van der Waals surface area contributed by atoms with Gasteiger partial charge in [0.2, 0.25) is 5.91 Å². The number of likely N-dealkylation sites (N-methyl/N-ethyl adjacent to an activating group) is 1. The van der Waals surface area contributed by atoms with Crippen LogP contribution in [0.2, 0.25) is 5.15 Å². The summed E-state index contributed by atoms with van der Waals surface area (Å²) >= 11 is 5.93. The highest BCUT2D eigenvalue weighted by atomic mass is 35.5. The van der Waals surface area contributed by atoms with Crippen molar-refractivity contribution >= 4 is 17.5 Å². The number of amides is 1. The van der Waals surface area contributed by atoms with Gasteiger partial charge >= 0.3 is 0 Å². The minimum absolute atomic E-state index is 0.212. The number of rotatable bonds is 4. The van der Waals surface area contributed by atoms with E-state index in [0.29, 0.717) is 24.0 Å². The second kappa shape index (κ2) is 5.92. The minimum atomic E-state index is 0.212. The number of carbonyl (C=O) groups is 1. The Balaban J connectivity index is 1.84. The van der Waals surface area contributed by atoms with Crippen LogP contribution in [-0.4, -0.2) is 58.5 Å². The Morgan fingerprint density at radius 3 is 2.84 bits per heavy atom. The zero-order chi connectivity index (χ0) is 14.0. The third kappa shape index (κ3) is 3.28. The largest absolute Gasteiger partial charge is 0.341 e. The molecular weight excluding hydrogens is 264 g/mol. The molecule has 1 atom stereocenters. The molecule has 0 N–H and O–H groups in total. The number of aryl methyl sites for hydroxylation is 1. The lowest BCUT2D eigenvalue weighted by Gasteiger charge is -2.20. The van der Waals surface area contributed by atoms with E-state index < -0.39 is 0 Å². The van der Waals surface area contributed by atoms with Gasteiger partial charge in [-0.1, -0.05) is 11.6 Å². The van der Waals surface area contributed by atoms with Gasteiger partial charge in [-0.15, -0.1) is 0 Å². The van der Waals surface area contributed by atoms with Crippen LogP contribution in [0.25, 0.3) is 0 Å². The summed E-state index contributed by atoms with van der Waals surface area (Å²) in [5.74, 6) is 1.07. The van der Waals surface area contributed by atoms with Crippen molar-refractivity contribution in [2.75, 3.05) is 27.2 Å². The van der Waals surface area contributed by atoms with Gasteiger partial charge in [0.15, 0.2) is 0 Å². The van der Waals surface area contributed by atoms with Gasteiger partial charge in [0, 0.05) is 39.0 Å². The molecule has 0 aromatic carbocycles. The molecule has 1 aliphatic heterocycles. The van der Waals surface area contributed by atoms with E-state index in [9.17, 15) is 4.79 Å². The molecule has 1 saturated heterocycles. The Morgan fingerprint density at radius 1 is 1.58 bits per heavy atom. The normalized spacial score (nSPS) is 19.4. The lowest BCUT2D eigenvalue weighted by atomic mass is 10.2. The summed E-state index contributed by atoms with van der Waals surface area (Å²) < 4.78 is 1.82. The van der Waals surface area contributed by atoms with Crippen LogP contribution < -0.4 is 0 Å². The van der Waals surface area contributed by atoms with Gasteiger partial charge in [-0.3, -0.25) is 4.79 Å². The molecule has 1 aromatic heterocycles. The Kier molecular flexibility index (Phi) is 4.47. The average Bonchev–Trinajstić information content (AvgIpc) is 2.97. The summed E-state index contributed by atoms with van der Waals surface area (Å²) in [6.45, 7) is 1.70. The van der Waals surface area contributed by atoms with Crippen molar-refractivity contribution in [2.45, 2.75) is 25.3 Å². The summed E-state index contributed by atoms with van der Waals surface area (Å²) in [6.07, 6.45) is 3.83. The molecule has 5 nitrogen and oxygen atoms in total. The van der Waals surface area contributed by atoms with E-state index in [1.54, 1.807) is 6.20 Å². The molecule has 106 valence electrons. The van der Waals surface area contributed by atoms with Gasteiger partial charge in [0.1, 0.15) is 11.0 Å². The van der Waals surface area contributed by atoms with E-state index in [4.69, 9.17) is 11.6 Å². The number of imidazole rings is 1. The average molecular weight is 285 g/mol. The minimum Gasteiger partial charge on any atom is -0.341 e. The molecule has 1 aromatic rings. The molecule has 2 heterocycles. The first-order chi connectivity index (χ1) is 8.99. The number of hydrogen-bond acceptors (Lipinski definition) is 3. The number of hydrogen-bond donors (Lipinski definition) is 0. The highest BCUT2D eigenvalue weighted by molar-refractivity contribution is 6.29. The van der Waals surface area contributed by atoms with E-state index in [1.807, 2.05) is 16.5 Å². The van der Waals surface area contributed by atoms with Crippen molar-refractivity contribution < 1.29 is 4.79 Å². The first-order valence-electron chi connectivity index (χ1n) is 6.59. The molecule has 1 fully saturated rings. The van der Waals surface area contributed by atoms with Crippen LogP contribution in [0.5, 0.6) is 0 Å². The van der Waals surface area contributed by atoms with Crippen molar-refractivity contribution in [2.24, 2.45) is 7.05 Å². The number of likely N-dealkylation sites (tertiary alicyclic amines) is 1. The molecule has 0 radical (unpaired) electrons. The molecule has 1 unspecified atom stereocenters. The van der Waals surface area contributed by atoms with Crippen LogP contribution in [0.4, 0.5) is 0 Å². The molecule has 19 heavy (non-hydrogen) atoms. The van der Waals surface area contributed by atoms with Crippen LogP contribution in [-0.2, 0) is 18.3 Å². The van der Waals surface area contributed by atoms with Crippen molar-refractivity contribution in [3.05, 3.63) is 17.2 Å². The smallest absolute Gasteiger partial charge is 0.223 e.